The van der Waals surface area contributed by atoms with Crippen molar-refractivity contribution in [1.29, 1.82) is 0 Å². The van der Waals surface area contributed by atoms with Crippen LogP contribution in [0.2, 0.25) is 0 Å². The number of hydrogen-bond acceptors (Lipinski definition) is 4. The molecule has 2 rings (SSSR count). The van der Waals surface area contributed by atoms with Crippen LogP contribution in [0.15, 0.2) is 24.3 Å². The van der Waals surface area contributed by atoms with E-state index in [-0.39, 0.29) is 12.0 Å². The number of methoxy groups -OCH3 is 2. The molecule has 140 valence electrons. The first-order chi connectivity index (χ1) is 11.7. The van der Waals surface area contributed by atoms with Crippen LogP contribution in [0.1, 0.15) is 39.2 Å². The zero-order valence-corrected chi connectivity index (χ0v) is 16.2. The lowest BCUT2D eigenvalue weighted by Crippen LogP contribution is -2.49. The van der Waals surface area contributed by atoms with E-state index in [0.29, 0.717) is 31.5 Å². The van der Waals surface area contributed by atoms with E-state index in [4.69, 9.17) is 14.2 Å². The molecule has 1 heterocycles. The number of piperidine rings is 1. The molecule has 0 N–H and O–H groups in total. The highest BCUT2D eigenvalue weighted by molar-refractivity contribution is 5.68. The minimum Gasteiger partial charge on any atom is -0.497 e. The fraction of sp³-hybridized carbons (Fsp3) is 0.650. The minimum atomic E-state index is -0.482. The predicted octanol–water partition coefficient (Wildman–Crippen LogP) is 3.93. The summed E-state index contributed by atoms with van der Waals surface area (Å²) in [7, 11) is 3.38. The van der Waals surface area contributed by atoms with E-state index in [1.165, 1.54) is 5.56 Å². The summed E-state index contributed by atoms with van der Waals surface area (Å²) in [4.78, 5) is 14.3. The molecule has 1 aliphatic rings. The molecule has 1 aromatic carbocycles. The molecule has 25 heavy (non-hydrogen) atoms. The number of hydrogen-bond donors (Lipinski definition) is 0. The van der Waals surface area contributed by atoms with Crippen LogP contribution in [0.25, 0.3) is 0 Å². The molecule has 1 amide bonds. The Morgan fingerprint density at radius 1 is 1.16 bits per heavy atom. The molecule has 0 aromatic heterocycles. The van der Waals surface area contributed by atoms with Crippen molar-refractivity contribution in [3.05, 3.63) is 29.8 Å². The van der Waals surface area contributed by atoms with E-state index in [2.05, 4.69) is 19.1 Å². The van der Waals surface area contributed by atoms with Gasteiger partial charge in [-0.3, -0.25) is 0 Å². The Morgan fingerprint density at radius 3 is 2.32 bits per heavy atom. The van der Waals surface area contributed by atoms with E-state index in [1.54, 1.807) is 14.2 Å². The van der Waals surface area contributed by atoms with Gasteiger partial charge < -0.3 is 19.1 Å². The van der Waals surface area contributed by atoms with Gasteiger partial charge >= 0.3 is 6.09 Å². The number of rotatable bonds is 4. The van der Waals surface area contributed by atoms with Crippen LogP contribution in [-0.2, 0) is 9.47 Å². The third-order valence-corrected chi connectivity index (χ3v) is 4.62. The van der Waals surface area contributed by atoms with Crippen LogP contribution in [0.4, 0.5) is 4.79 Å². The van der Waals surface area contributed by atoms with Crippen LogP contribution in [0.5, 0.6) is 5.75 Å². The fourth-order valence-electron chi connectivity index (χ4n) is 3.67. The van der Waals surface area contributed by atoms with E-state index < -0.39 is 5.60 Å². The standard InChI is InChI=1S/C20H31NO4/c1-14-11-21(19(22)25-20(2,3)4)12-16(13-23-5)18(14)15-7-9-17(24-6)10-8-15/h7-10,14,16,18H,11-13H2,1-6H3/t14?,16?,18-/m0/s1. The maximum atomic E-state index is 12.5. The quantitative estimate of drug-likeness (QED) is 0.826. The molecule has 3 atom stereocenters. The van der Waals surface area contributed by atoms with Crippen LogP contribution in [-0.4, -0.2) is 50.5 Å². The maximum absolute atomic E-state index is 12.5. The van der Waals surface area contributed by atoms with Crippen LogP contribution >= 0.6 is 0 Å². The van der Waals surface area contributed by atoms with Crippen LogP contribution in [0, 0.1) is 11.8 Å². The highest BCUT2D eigenvalue weighted by atomic mass is 16.6. The number of likely N-dealkylation sites (tertiary alicyclic amines) is 1. The Hall–Kier alpha value is -1.75. The second-order valence-electron chi connectivity index (χ2n) is 7.88. The molecule has 5 heteroatoms. The molecule has 1 fully saturated rings. The van der Waals surface area contributed by atoms with Gasteiger partial charge in [-0.25, -0.2) is 4.79 Å². The van der Waals surface area contributed by atoms with E-state index in [9.17, 15) is 4.79 Å². The van der Waals surface area contributed by atoms with Crippen molar-refractivity contribution in [3.8, 4) is 5.75 Å². The Labute approximate surface area is 151 Å². The van der Waals surface area contributed by atoms with Crippen LogP contribution < -0.4 is 4.74 Å². The molecular formula is C20H31NO4. The third kappa shape index (κ3) is 5.11. The molecule has 0 saturated carbocycles. The van der Waals surface area contributed by atoms with E-state index in [1.807, 2.05) is 37.8 Å². The van der Waals surface area contributed by atoms with Crippen molar-refractivity contribution < 1.29 is 19.0 Å². The molecule has 1 saturated heterocycles. The SMILES string of the molecule is COCC1CN(C(=O)OC(C)(C)C)CC(C)[C@H]1c1ccc(OC)cc1. The number of benzene rings is 1. The van der Waals surface area contributed by atoms with Crippen molar-refractivity contribution in [2.75, 3.05) is 33.9 Å². The number of amides is 1. The highest BCUT2D eigenvalue weighted by Gasteiger charge is 2.38. The third-order valence-electron chi connectivity index (χ3n) is 4.62. The molecule has 5 nitrogen and oxygen atoms in total. The maximum Gasteiger partial charge on any atom is 0.410 e. The van der Waals surface area contributed by atoms with Gasteiger partial charge in [-0.1, -0.05) is 19.1 Å². The molecule has 1 aromatic rings. The zero-order chi connectivity index (χ0) is 18.6. The van der Waals surface area contributed by atoms with Gasteiger partial charge in [0, 0.05) is 26.1 Å². The van der Waals surface area contributed by atoms with Gasteiger partial charge in [0.05, 0.1) is 13.7 Å². The lowest BCUT2D eigenvalue weighted by Gasteiger charge is -2.43. The van der Waals surface area contributed by atoms with Crippen molar-refractivity contribution in [3.63, 3.8) is 0 Å². The van der Waals surface area contributed by atoms with Gasteiger partial charge in [-0.2, -0.15) is 0 Å². The molecule has 1 aliphatic heterocycles. The van der Waals surface area contributed by atoms with Gasteiger partial charge in [0.25, 0.3) is 0 Å². The summed E-state index contributed by atoms with van der Waals surface area (Å²) in [5.41, 5.74) is 0.781. The Morgan fingerprint density at radius 2 is 1.80 bits per heavy atom. The first kappa shape index (κ1) is 19.6. The van der Waals surface area contributed by atoms with Gasteiger partial charge in [0.1, 0.15) is 11.4 Å². The fourth-order valence-corrected chi connectivity index (χ4v) is 3.67. The van der Waals surface area contributed by atoms with E-state index in [0.717, 1.165) is 5.75 Å². The first-order valence-corrected chi connectivity index (χ1v) is 8.86. The van der Waals surface area contributed by atoms with Crippen molar-refractivity contribution >= 4 is 6.09 Å². The molecule has 0 spiro atoms. The van der Waals surface area contributed by atoms with Crippen molar-refractivity contribution in [1.82, 2.24) is 4.90 Å². The Kier molecular flexibility index (Phi) is 6.33. The molecule has 0 bridgehead atoms. The summed E-state index contributed by atoms with van der Waals surface area (Å²) >= 11 is 0. The van der Waals surface area contributed by atoms with Gasteiger partial charge in [-0.15, -0.1) is 0 Å². The van der Waals surface area contributed by atoms with Gasteiger partial charge in [0.2, 0.25) is 0 Å². The second-order valence-corrected chi connectivity index (χ2v) is 7.88. The summed E-state index contributed by atoms with van der Waals surface area (Å²) in [6.07, 6.45) is -0.242. The first-order valence-electron chi connectivity index (χ1n) is 8.86. The number of nitrogens with zero attached hydrogens (tertiary/aromatic N) is 1. The molecular weight excluding hydrogens is 318 g/mol. The van der Waals surface area contributed by atoms with Gasteiger partial charge in [-0.05, 0) is 50.3 Å². The normalized spacial score (nSPS) is 24.1. The van der Waals surface area contributed by atoms with Crippen molar-refractivity contribution in [2.45, 2.75) is 39.2 Å². The number of ether oxygens (including phenoxy) is 3. The molecule has 0 radical (unpaired) electrons. The Bertz CT molecular complexity index is 564. The average molecular weight is 349 g/mol. The average Bonchev–Trinajstić information content (AvgIpc) is 2.53. The predicted molar refractivity (Wildman–Crippen MR) is 98.1 cm³/mol. The smallest absolute Gasteiger partial charge is 0.410 e. The summed E-state index contributed by atoms with van der Waals surface area (Å²) in [5, 5.41) is 0. The number of carbonyl (C=O) groups excluding carboxylic acids is 1. The largest absolute Gasteiger partial charge is 0.497 e. The highest BCUT2D eigenvalue weighted by Crippen LogP contribution is 2.38. The molecule has 2 unspecified atom stereocenters. The lowest BCUT2D eigenvalue weighted by molar-refractivity contribution is -0.00214. The molecule has 0 aliphatic carbocycles. The summed E-state index contributed by atoms with van der Waals surface area (Å²) in [5.74, 6) is 1.74. The summed E-state index contributed by atoms with van der Waals surface area (Å²) < 4.78 is 16.3. The summed E-state index contributed by atoms with van der Waals surface area (Å²) in [6.45, 7) is 9.81. The second kappa shape index (κ2) is 8.09. The van der Waals surface area contributed by atoms with Crippen LogP contribution in [0.3, 0.4) is 0 Å². The summed E-state index contributed by atoms with van der Waals surface area (Å²) in [6, 6.07) is 8.22. The Balaban J connectivity index is 2.17. The topological polar surface area (TPSA) is 48.0 Å². The minimum absolute atomic E-state index is 0.231. The number of carbonyl (C=O) groups is 1. The zero-order valence-electron chi connectivity index (χ0n) is 16.2. The lowest BCUT2D eigenvalue weighted by atomic mass is 9.74. The van der Waals surface area contributed by atoms with Gasteiger partial charge in [0.15, 0.2) is 0 Å². The monoisotopic (exact) mass is 349 g/mol. The van der Waals surface area contributed by atoms with E-state index >= 15 is 0 Å². The van der Waals surface area contributed by atoms with Crippen molar-refractivity contribution in [2.24, 2.45) is 11.8 Å².